The summed E-state index contributed by atoms with van der Waals surface area (Å²) in [5.41, 5.74) is 2.25. The quantitative estimate of drug-likeness (QED) is 0.463. The predicted octanol–water partition coefficient (Wildman–Crippen LogP) is 2.56. The Morgan fingerprint density at radius 3 is 2.62 bits per heavy atom. The van der Waals surface area contributed by atoms with E-state index in [1.807, 2.05) is 42.5 Å². The molecule has 1 saturated heterocycles. The van der Waals surface area contributed by atoms with Crippen LogP contribution in [0.25, 0.3) is 11.5 Å². The number of ether oxygens (including phenoxy) is 1. The van der Waals surface area contributed by atoms with Crippen LogP contribution in [0.2, 0.25) is 0 Å². The van der Waals surface area contributed by atoms with Crippen LogP contribution in [0.4, 0.5) is 11.4 Å². The van der Waals surface area contributed by atoms with Gasteiger partial charge in [0.25, 0.3) is 5.22 Å². The number of thioether (sulfide) groups is 1. The number of piperazine rings is 1. The SMILES string of the molecule is COc1cccc(-c2nnc(SCC(=O)Nc3ccccc3N3CCN(S(C)(=O)=O)CC3)o2)c1. The van der Waals surface area contributed by atoms with Crippen LogP contribution >= 0.6 is 11.8 Å². The number of hydrogen-bond donors (Lipinski definition) is 1. The van der Waals surface area contributed by atoms with E-state index in [9.17, 15) is 13.2 Å². The molecule has 0 aliphatic carbocycles. The summed E-state index contributed by atoms with van der Waals surface area (Å²) in [5.74, 6) is 0.907. The Kier molecular flexibility index (Phi) is 7.39. The first-order valence-electron chi connectivity index (χ1n) is 10.5. The molecule has 2 heterocycles. The van der Waals surface area contributed by atoms with Gasteiger partial charge in [-0.3, -0.25) is 4.79 Å². The van der Waals surface area contributed by atoms with E-state index in [0.29, 0.717) is 43.5 Å². The largest absolute Gasteiger partial charge is 0.497 e. The predicted molar refractivity (Wildman–Crippen MR) is 131 cm³/mol. The maximum Gasteiger partial charge on any atom is 0.277 e. The summed E-state index contributed by atoms with van der Waals surface area (Å²) < 4.78 is 35.9. The lowest BCUT2D eigenvalue weighted by Gasteiger charge is -2.35. The maximum atomic E-state index is 12.6. The van der Waals surface area contributed by atoms with Gasteiger partial charge in [0.15, 0.2) is 0 Å². The highest BCUT2D eigenvalue weighted by atomic mass is 32.2. The molecule has 0 spiro atoms. The highest BCUT2D eigenvalue weighted by molar-refractivity contribution is 7.99. The second-order valence-electron chi connectivity index (χ2n) is 7.61. The Hall–Kier alpha value is -3.09. The number of nitrogens with zero attached hydrogens (tertiary/aromatic N) is 4. The van der Waals surface area contributed by atoms with Crippen LogP contribution in [-0.2, 0) is 14.8 Å². The second-order valence-corrected chi connectivity index (χ2v) is 10.5. The van der Waals surface area contributed by atoms with E-state index in [4.69, 9.17) is 9.15 Å². The van der Waals surface area contributed by atoms with Gasteiger partial charge in [-0.2, -0.15) is 4.31 Å². The highest BCUT2D eigenvalue weighted by Crippen LogP contribution is 2.28. The number of carbonyl (C=O) groups excluding carboxylic acids is 1. The number of benzene rings is 2. The zero-order chi connectivity index (χ0) is 24.1. The van der Waals surface area contributed by atoms with Crippen LogP contribution in [0.15, 0.2) is 58.2 Å². The molecule has 0 bridgehead atoms. The summed E-state index contributed by atoms with van der Waals surface area (Å²) in [6, 6.07) is 14.8. The van der Waals surface area contributed by atoms with E-state index in [0.717, 1.165) is 23.0 Å². The number of aromatic nitrogens is 2. The first kappa shape index (κ1) is 24.0. The minimum absolute atomic E-state index is 0.0932. The molecule has 1 aromatic heterocycles. The molecule has 34 heavy (non-hydrogen) atoms. The number of rotatable bonds is 8. The summed E-state index contributed by atoms with van der Waals surface area (Å²) in [4.78, 5) is 14.7. The van der Waals surface area contributed by atoms with E-state index >= 15 is 0 Å². The highest BCUT2D eigenvalue weighted by Gasteiger charge is 2.25. The number of methoxy groups -OCH3 is 1. The molecule has 3 aromatic rings. The van der Waals surface area contributed by atoms with Crippen LogP contribution in [0.3, 0.4) is 0 Å². The fourth-order valence-corrected chi connectivity index (χ4v) is 4.96. The van der Waals surface area contributed by atoms with Gasteiger partial charge in [0, 0.05) is 31.7 Å². The number of nitrogens with one attached hydrogen (secondary N) is 1. The van der Waals surface area contributed by atoms with Crippen LogP contribution < -0.4 is 15.0 Å². The summed E-state index contributed by atoms with van der Waals surface area (Å²) in [6.07, 6.45) is 1.22. The maximum absolute atomic E-state index is 12.6. The van der Waals surface area contributed by atoms with Crippen molar-refractivity contribution < 1.29 is 22.4 Å². The number of carbonyl (C=O) groups is 1. The molecule has 180 valence electrons. The number of anilines is 2. The second kappa shape index (κ2) is 10.5. The van der Waals surface area contributed by atoms with Crippen molar-refractivity contribution in [3.63, 3.8) is 0 Å². The topological polar surface area (TPSA) is 118 Å². The fraction of sp³-hybridized carbons (Fsp3) is 0.318. The van der Waals surface area contributed by atoms with Crippen molar-refractivity contribution in [3.8, 4) is 17.2 Å². The van der Waals surface area contributed by atoms with Crippen LogP contribution in [-0.4, -0.2) is 74.1 Å². The van der Waals surface area contributed by atoms with Crippen molar-refractivity contribution in [2.24, 2.45) is 0 Å². The Labute approximate surface area is 202 Å². The molecule has 1 fully saturated rings. The third-order valence-electron chi connectivity index (χ3n) is 5.28. The zero-order valence-electron chi connectivity index (χ0n) is 18.8. The molecule has 1 amide bonds. The van der Waals surface area contributed by atoms with Gasteiger partial charge in [-0.1, -0.05) is 30.0 Å². The smallest absolute Gasteiger partial charge is 0.277 e. The Bertz CT molecular complexity index is 1260. The summed E-state index contributed by atoms with van der Waals surface area (Å²) in [6.45, 7) is 1.90. The molecule has 1 aliphatic heterocycles. The third-order valence-corrected chi connectivity index (χ3v) is 7.40. The van der Waals surface area contributed by atoms with Gasteiger partial charge in [-0.15, -0.1) is 10.2 Å². The van der Waals surface area contributed by atoms with E-state index in [1.165, 1.54) is 10.6 Å². The molecular formula is C22H25N5O5S2. The van der Waals surface area contributed by atoms with Gasteiger partial charge < -0.3 is 19.4 Å². The Morgan fingerprint density at radius 1 is 1.12 bits per heavy atom. The van der Waals surface area contributed by atoms with Crippen molar-refractivity contribution in [1.29, 1.82) is 0 Å². The average molecular weight is 504 g/mol. The first-order valence-corrected chi connectivity index (χ1v) is 13.4. The molecule has 10 nitrogen and oxygen atoms in total. The van der Waals surface area contributed by atoms with Crippen LogP contribution in [0, 0.1) is 0 Å². The summed E-state index contributed by atoms with van der Waals surface area (Å²) in [5, 5.41) is 11.3. The fourth-order valence-electron chi connectivity index (χ4n) is 3.57. The molecule has 0 radical (unpaired) electrons. The number of para-hydroxylation sites is 2. The first-order chi connectivity index (χ1) is 16.3. The van der Waals surface area contributed by atoms with Crippen molar-refractivity contribution >= 4 is 39.1 Å². The molecule has 12 heteroatoms. The minimum Gasteiger partial charge on any atom is -0.497 e. The lowest BCUT2D eigenvalue weighted by atomic mass is 10.2. The normalized spacial score (nSPS) is 14.7. The molecule has 0 unspecified atom stereocenters. The number of amides is 1. The van der Waals surface area contributed by atoms with Crippen molar-refractivity contribution in [3.05, 3.63) is 48.5 Å². The van der Waals surface area contributed by atoms with E-state index < -0.39 is 10.0 Å². The van der Waals surface area contributed by atoms with Gasteiger partial charge in [0.1, 0.15) is 5.75 Å². The minimum atomic E-state index is -3.21. The summed E-state index contributed by atoms with van der Waals surface area (Å²) >= 11 is 1.15. The third kappa shape index (κ3) is 5.88. The monoisotopic (exact) mass is 503 g/mol. The average Bonchev–Trinajstić information content (AvgIpc) is 3.32. The van der Waals surface area contributed by atoms with E-state index in [2.05, 4.69) is 20.4 Å². The van der Waals surface area contributed by atoms with E-state index in [-0.39, 0.29) is 16.9 Å². The zero-order valence-corrected chi connectivity index (χ0v) is 20.4. The van der Waals surface area contributed by atoms with Crippen molar-refractivity contribution in [1.82, 2.24) is 14.5 Å². The van der Waals surface area contributed by atoms with Gasteiger partial charge in [-0.05, 0) is 30.3 Å². The molecule has 1 N–H and O–H groups in total. The van der Waals surface area contributed by atoms with Crippen LogP contribution in [0.1, 0.15) is 0 Å². The van der Waals surface area contributed by atoms with Gasteiger partial charge in [-0.25, -0.2) is 8.42 Å². The molecule has 4 rings (SSSR count). The number of sulfonamides is 1. The van der Waals surface area contributed by atoms with Crippen LogP contribution in [0.5, 0.6) is 5.75 Å². The molecule has 0 saturated carbocycles. The van der Waals surface area contributed by atoms with E-state index in [1.54, 1.807) is 13.2 Å². The lowest BCUT2D eigenvalue weighted by Crippen LogP contribution is -2.48. The molecule has 0 atom stereocenters. The summed E-state index contributed by atoms with van der Waals surface area (Å²) in [7, 11) is -1.62. The van der Waals surface area contributed by atoms with Gasteiger partial charge in [0.05, 0.1) is 30.5 Å². The number of hydrogen-bond acceptors (Lipinski definition) is 9. The molecule has 2 aromatic carbocycles. The molecular weight excluding hydrogens is 478 g/mol. The van der Waals surface area contributed by atoms with Crippen molar-refractivity contribution in [2.75, 3.05) is 55.5 Å². The Balaban J connectivity index is 1.35. The van der Waals surface area contributed by atoms with Gasteiger partial charge >= 0.3 is 0 Å². The lowest BCUT2D eigenvalue weighted by molar-refractivity contribution is -0.113. The molecule has 1 aliphatic rings. The van der Waals surface area contributed by atoms with Gasteiger partial charge in [0.2, 0.25) is 21.8 Å². The van der Waals surface area contributed by atoms with Crippen molar-refractivity contribution in [2.45, 2.75) is 5.22 Å². The standard InChI is InChI=1S/C22H25N5O5S2/c1-31-17-7-5-6-16(14-17)21-24-25-22(32-21)33-15-20(28)23-18-8-3-4-9-19(18)26-10-12-27(13-11-26)34(2,29)30/h3-9,14H,10-13,15H2,1-2H3,(H,23,28). The Morgan fingerprint density at radius 2 is 1.88 bits per heavy atom.